The lowest BCUT2D eigenvalue weighted by atomic mass is 10.0. The first-order valence-corrected chi connectivity index (χ1v) is 21.0. The molecule has 0 amide bonds. The Bertz CT molecular complexity index is 2680. The summed E-state index contributed by atoms with van der Waals surface area (Å²) in [5.41, 5.74) is 8.96. The van der Waals surface area contributed by atoms with Crippen LogP contribution in [0.25, 0.3) is 43.8 Å². The van der Waals surface area contributed by atoms with E-state index in [1.807, 2.05) is 0 Å². The number of benzene rings is 8. The molecule has 8 aromatic carbocycles. The summed E-state index contributed by atoms with van der Waals surface area (Å²) < 4.78 is 7.22. The zero-order chi connectivity index (χ0) is 34.8. The fourth-order valence-corrected chi connectivity index (χ4v) is 12.2. The molecule has 1 aliphatic rings. The van der Waals surface area contributed by atoms with Gasteiger partial charge in [-0.3, -0.25) is 0 Å². The number of rotatable bonds is 6. The summed E-state index contributed by atoms with van der Waals surface area (Å²) in [4.78, 5) is 4.78. The second-order valence-electron chi connectivity index (χ2n) is 14.1. The van der Waals surface area contributed by atoms with Crippen LogP contribution in [-0.4, -0.2) is 8.07 Å². The first kappa shape index (κ1) is 30.5. The van der Waals surface area contributed by atoms with E-state index in [-0.39, 0.29) is 0 Å². The third kappa shape index (κ3) is 4.58. The normalized spacial score (nSPS) is 13.0. The predicted molar refractivity (Wildman–Crippen MR) is 223 cm³/mol. The van der Waals surface area contributed by atoms with Crippen molar-refractivity contribution in [2.45, 2.75) is 13.1 Å². The monoisotopic (exact) mass is 684 g/mol. The third-order valence-electron chi connectivity index (χ3n) is 10.7. The van der Waals surface area contributed by atoms with Crippen LogP contribution in [0.3, 0.4) is 0 Å². The third-order valence-corrected chi connectivity index (χ3v) is 14.3. The van der Waals surface area contributed by atoms with E-state index in [1.165, 1.54) is 32.1 Å². The predicted octanol–water partition coefficient (Wildman–Crippen LogP) is 12.5. The number of para-hydroxylation sites is 4. The van der Waals surface area contributed by atoms with E-state index >= 15 is 0 Å². The summed E-state index contributed by atoms with van der Waals surface area (Å²) in [6, 6.07) is 65.3. The minimum atomic E-state index is -2.31. The first-order valence-electron chi connectivity index (χ1n) is 18.0. The Kier molecular flexibility index (Phi) is 6.95. The van der Waals surface area contributed by atoms with E-state index < -0.39 is 8.07 Å². The maximum atomic E-state index is 7.22. The maximum absolute atomic E-state index is 7.22. The smallest absolute Gasteiger partial charge is 0.142 e. The van der Waals surface area contributed by atoms with E-state index in [0.717, 1.165) is 56.2 Å². The zero-order valence-corrected chi connectivity index (χ0v) is 30.1. The van der Waals surface area contributed by atoms with Gasteiger partial charge in [0.05, 0.1) is 11.4 Å². The lowest BCUT2D eigenvalue weighted by Crippen LogP contribution is -2.49. The molecule has 0 atom stereocenters. The summed E-state index contributed by atoms with van der Waals surface area (Å²) >= 11 is 0. The highest BCUT2D eigenvalue weighted by molar-refractivity contribution is 7.06. The number of nitrogens with zero attached hydrogens (tertiary/aromatic N) is 2. The Hall–Kier alpha value is -6.36. The van der Waals surface area contributed by atoms with Crippen LogP contribution in [0, 0.1) is 0 Å². The minimum absolute atomic E-state index is 0.967. The number of fused-ring (bicyclic) bond motifs is 9. The highest BCUT2D eigenvalue weighted by atomic mass is 28.3. The molecule has 248 valence electrons. The van der Waals surface area contributed by atoms with Gasteiger partial charge < -0.3 is 14.2 Å². The van der Waals surface area contributed by atoms with Gasteiger partial charge in [-0.15, -0.1) is 0 Å². The van der Waals surface area contributed by atoms with Crippen LogP contribution in [0.1, 0.15) is 0 Å². The summed E-state index contributed by atoms with van der Waals surface area (Å²) in [5, 5.41) is 8.87. The molecule has 0 N–H and O–H groups in total. The largest absolute Gasteiger partial charge is 0.456 e. The van der Waals surface area contributed by atoms with Crippen LogP contribution in [0.15, 0.2) is 186 Å². The molecule has 0 radical (unpaired) electrons. The zero-order valence-electron chi connectivity index (χ0n) is 29.1. The topological polar surface area (TPSA) is 19.6 Å². The SMILES string of the molecule is C[Si]1(C)c2c(cc(N(c3ccccc3)c3ccccc3)c3ccccc23)-c2oc3c(cc(N(c4ccccc4)c4ccccc4)c4ccccc43)c21. The van der Waals surface area contributed by atoms with Gasteiger partial charge in [0, 0.05) is 49.9 Å². The van der Waals surface area contributed by atoms with Crippen molar-refractivity contribution in [3.8, 4) is 11.3 Å². The van der Waals surface area contributed by atoms with Gasteiger partial charge in [-0.05, 0) is 76.4 Å². The fraction of sp³-hybridized carbons (Fsp3) is 0.0417. The van der Waals surface area contributed by atoms with Crippen LogP contribution >= 0.6 is 0 Å². The van der Waals surface area contributed by atoms with Gasteiger partial charge in [0.2, 0.25) is 0 Å². The second kappa shape index (κ2) is 11.9. The van der Waals surface area contributed by atoms with Gasteiger partial charge >= 0.3 is 0 Å². The Morgan fingerprint density at radius 3 is 1.25 bits per heavy atom. The average Bonchev–Trinajstić information content (AvgIpc) is 3.70. The second-order valence-corrected chi connectivity index (χ2v) is 18.4. The molecule has 3 nitrogen and oxygen atoms in total. The van der Waals surface area contributed by atoms with Crippen molar-refractivity contribution in [3.05, 3.63) is 182 Å². The van der Waals surface area contributed by atoms with Crippen molar-refractivity contribution >= 4 is 85.1 Å². The summed E-state index contributed by atoms with van der Waals surface area (Å²) in [7, 11) is -2.31. The van der Waals surface area contributed by atoms with Crippen LogP contribution < -0.4 is 20.2 Å². The molecule has 1 aliphatic heterocycles. The van der Waals surface area contributed by atoms with Crippen LogP contribution in [0.5, 0.6) is 0 Å². The van der Waals surface area contributed by atoms with Crippen molar-refractivity contribution in [3.63, 3.8) is 0 Å². The number of furan rings is 1. The number of anilines is 6. The molecular weight excluding hydrogens is 649 g/mol. The summed E-state index contributed by atoms with van der Waals surface area (Å²) in [6.07, 6.45) is 0. The van der Waals surface area contributed by atoms with E-state index in [9.17, 15) is 0 Å². The van der Waals surface area contributed by atoms with Gasteiger partial charge in [0.1, 0.15) is 19.4 Å². The Balaban J connectivity index is 1.28. The van der Waals surface area contributed by atoms with E-state index in [0.29, 0.717) is 0 Å². The summed E-state index contributed by atoms with van der Waals surface area (Å²) in [6.45, 7) is 5.01. The molecule has 0 saturated carbocycles. The molecule has 4 heteroatoms. The average molecular weight is 685 g/mol. The van der Waals surface area contributed by atoms with E-state index in [1.54, 1.807) is 0 Å². The molecule has 0 fully saturated rings. The van der Waals surface area contributed by atoms with E-state index in [4.69, 9.17) is 4.42 Å². The Labute approximate surface area is 304 Å². The fourth-order valence-electron chi connectivity index (χ4n) is 8.58. The van der Waals surface area contributed by atoms with Gasteiger partial charge in [-0.25, -0.2) is 0 Å². The quantitative estimate of drug-likeness (QED) is 0.163. The molecule has 2 heterocycles. The van der Waals surface area contributed by atoms with Gasteiger partial charge in [0.15, 0.2) is 0 Å². The van der Waals surface area contributed by atoms with Crippen molar-refractivity contribution in [1.82, 2.24) is 0 Å². The molecule has 10 rings (SSSR count). The van der Waals surface area contributed by atoms with Crippen LogP contribution in [0.2, 0.25) is 13.1 Å². The molecule has 9 aromatic rings. The Morgan fingerprint density at radius 2 is 0.769 bits per heavy atom. The van der Waals surface area contributed by atoms with Crippen molar-refractivity contribution in [2.24, 2.45) is 0 Å². The van der Waals surface area contributed by atoms with Crippen LogP contribution in [0.4, 0.5) is 34.1 Å². The van der Waals surface area contributed by atoms with Crippen LogP contribution in [-0.2, 0) is 0 Å². The lowest BCUT2D eigenvalue weighted by molar-refractivity contribution is 0.638. The molecular formula is C48H36N2OSi. The molecule has 1 aromatic heterocycles. The maximum Gasteiger partial charge on any atom is 0.142 e. The first-order chi connectivity index (χ1) is 25.6. The number of hydrogen-bond acceptors (Lipinski definition) is 3. The summed E-state index contributed by atoms with van der Waals surface area (Å²) in [5.74, 6) is 1.02. The lowest BCUT2D eigenvalue weighted by Gasteiger charge is -2.29. The molecule has 0 spiro atoms. The van der Waals surface area contributed by atoms with Gasteiger partial charge in [-0.2, -0.15) is 0 Å². The molecule has 0 bridgehead atoms. The van der Waals surface area contributed by atoms with Crippen molar-refractivity contribution in [1.29, 1.82) is 0 Å². The molecule has 52 heavy (non-hydrogen) atoms. The molecule has 0 unspecified atom stereocenters. The molecule has 0 saturated heterocycles. The highest BCUT2D eigenvalue weighted by Crippen LogP contribution is 2.48. The van der Waals surface area contributed by atoms with Gasteiger partial charge in [-0.1, -0.05) is 134 Å². The number of hydrogen-bond donors (Lipinski definition) is 0. The van der Waals surface area contributed by atoms with Crippen molar-refractivity contribution in [2.75, 3.05) is 9.80 Å². The van der Waals surface area contributed by atoms with Crippen molar-refractivity contribution < 1.29 is 4.42 Å². The van der Waals surface area contributed by atoms with E-state index in [2.05, 4.69) is 205 Å². The standard InChI is InChI=1S/C48H36N2OSi/c1-52(2)47-40-30-18-16-28-38(40)44(50(35-23-11-5-12-24-35)36-25-13-6-14-26-36)32-42(47)46-48(52)41-31-43(37-27-15-17-29-39(37)45(41)51-46)49(33-19-7-3-8-20-33)34-21-9-4-10-22-34/h3-32H,1-2H3. The highest BCUT2D eigenvalue weighted by Gasteiger charge is 2.44. The minimum Gasteiger partial charge on any atom is -0.456 e. The van der Waals surface area contributed by atoms with Gasteiger partial charge in [0.25, 0.3) is 0 Å². The Morgan fingerprint density at radius 1 is 0.385 bits per heavy atom. The molecule has 0 aliphatic carbocycles.